The van der Waals surface area contributed by atoms with Crippen molar-refractivity contribution < 1.29 is 4.74 Å². The van der Waals surface area contributed by atoms with Crippen molar-refractivity contribution in [3.8, 4) is 5.75 Å². The summed E-state index contributed by atoms with van der Waals surface area (Å²) in [6.45, 7) is 2.67. The van der Waals surface area contributed by atoms with Crippen molar-refractivity contribution in [2.45, 2.75) is 19.0 Å². The topological polar surface area (TPSA) is 38.5 Å². The first-order chi connectivity index (χ1) is 10.3. The van der Waals surface area contributed by atoms with Gasteiger partial charge in [0.25, 0.3) is 0 Å². The van der Waals surface area contributed by atoms with Crippen LogP contribution in [0.4, 0.5) is 0 Å². The lowest BCUT2D eigenvalue weighted by Crippen LogP contribution is -2.37. The van der Waals surface area contributed by atoms with Crippen LogP contribution >= 0.6 is 0 Å². The molecule has 3 heteroatoms. The lowest BCUT2D eigenvalue weighted by molar-refractivity contribution is 0.183. The first kappa shape index (κ1) is 14.1. The first-order valence-electron chi connectivity index (χ1n) is 7.46. The maximum atomic E-state index is 6.05. The fourth-order valence-corrected chi connectivity index (χ4v) is 3.11. The largest absolute Gasteiger partial charge is 0.497 e. The monoisotopic (exact) mass is 282 g/mol. The fourth-order valence-electron chi connectivity index (χ4n) is 3.11. The van der Waals surface area contributed by atoms with Gasteiger partial charge in [0.2, 0.25) is 0 Å². The number of benzene rings is 2. The Hall–Kier alpha value is -1.84. The second-order valence-corrected chi connectivity index (χ2v) is 5.51. The van der Waals surface area contributed by atoms with E-state index in [0.717, 1.165) is 25.3 Å². The summed E-state index contributed by atoms with van der Waals surface area (Å²) < 4.78 is 5.23. The van der Waals surface area contributed by atoms with E-state index in [1.807, 2.05) is 12.1 Å². The Bertz CT molecular complexity index is 594. The third-order valence-corrected chi connectivity index (χ3v) is 4.32. The quantitative estimate of drug-likeness (QED) is 0.937. The number of hydrogen-bond acceptors (Lipinski definition) is 3. The average Bonchev–Trinajstić information content (AvgIpc) is 2.56. The molecule has 0 saturated heterocycles. The van der Waals surface area contributed by atoms with Gasteiger partial charge in [0.05, 0.1) is 7.11 Å². The van der Waals surface area contributed by atoms with E-state index >= 15 is 0 Å². The summed E-state index contributed by atoms with van der Waals surface area (Å²) in [7, 11) is 1.69. The van der Waals surface area contributed by atoms with Crippen molar-refractivity contribution in [3.05, 3.63) is 65.2 Å². The fraction of sp³-hybridized carbons (Fsp3) is 0.333. The molecule has 2 aromatic carbocycles. The van der Waals surface area contributed by atoms with E-state index in [2.05, 4.69) is 41.3 Å². The molecule has 2 N–H and O–H groups in total. The zero-order valence-electron chi connectivity index (χ0n) is 12.5. The number of ether oxygens (including phenoxy) is 1. The van der Waals surface area contributed by atoms with Crippen LogP contribution in [0.2, 0.25) is 0 Å². The van der Waals surface area contributed by atoms with Gasteiger partial charge in [0.1, 0.15) is 5.75 Å². The summed E-state index contributed by atoms with van der Waals surface area (Å²) in [5.41, 5.74) is 10.2. The number of fused-ring (bicyclic) bond motifs is 1. The van der Waals surface area contributed by atoms with Crippen LogP contribution in [0.15, 0.2) is 48.5 Å². The average molecular weight is 282 g/mol. The van der Waals surface area contributed by atoms with Gasteiger partial charge in [-0.25, -0.2) is 0 Å². The molecule has 3 nitrogen and oxygen atoms in total. The normalized spacial score (nSPS) is 16.3. The summed E-state index contributed by atoms with van der Waals surface area (Å²) >= 11 is 0. The Balaban J connectivity index is 1.80. The summed E-state index contributed by atoms with van der Waals surface area (Å²) in [5.74, 6) is 0.888. The van der Waals surface area contributed by atoms with Crippen LogP contribution in [0.5, 0.6) is 5.75 Å². The number of nitrogens with zero attached hydrogens (tertiary/aromatic N) is 1. The zero-order valence-corrected chi connectivity index (χ0v) is 12.5. The summed E-state index contributed by atoms with van der Waals surface area (Å²) in [6.07, 6.45) is 1.10. The van der Waals surface area contributed by atoms with Crippen LogP contribution in [0.1, 0.15) is 22.7 Å². The Morgan fingerprint density at radius 3 is 2.48 bits per heavy atom. The van der Waals surface area contributed by atoms with Crippen molar-refractivity contribution >= 4 is 0 Å². The maximum Gasteiger partial charge on any atom is 0.118 e. The molecule has 1 unspecified atom stereocenters. The molecule has 0 aromatic heterocycles. The Morgan fingerprint density at radius 2 is 1.81 bits per heavy atom. The lowest BCUT2D eigenvalue weighted by atomic mass is 9.96. The molecular formula is C18H22N2O. The van der Waals surface area contributed by atoms with Gasteiger partial charge in [0.15, 0.2) is 0 Å². The predicted molar refractivity (Wildman–Crippen MR) is 85.3 cm³/mol. The Kier molecular flexibility index (Phi) is 4.23. The highest BCUT2D eigenvalue weighted by Gasteiger charge is 2.23. The van der Waals surface area contributed by atoms with Gasteiger partial charge >= 0.3 is 0 Å². The SMILES string of the molecule is COc1ccc(C(CN)N2CCc3ccccc3C2)cc1. The van der Waals surface area contributed by atoms with Crippen molar-refractivity contribution in [1.29, 1.82) is 0 Å². The van der Waals surface area contributed by atoms with Crippen LogP contribution in [0, 0.1) is 0 Å². The molecule has 0 spiro atoms. The molecule has 0 aliphatic carbocycles. The first-order valence-corrected chi connectivity index (χ1v) is 7.46. The molecule has 21 heavy (non-hydrogen) atoms. The van der Waals surface area contributed by atoms with Crippen molar-refractivity contribution in [1.82, 2.24) is 4.90 Å². The highest BCUT2D eigenvalue weighted by molar-refractivity contribution is 5.32. The van der Waals surface area contributed by atoms with Crippen LogP contribution in [0.25, 0.3) is 0 Å². The molecule has 0 fully saturated rings. The summed E-state index contributed by atoms with van der Waals surface area (Å²) in [4.78, 5) is 2.48. The number of methoxy groups -OCH3 is 1. The molecule has 1 heterocycles. The predicted octanol–water partition coefficient (Wildman–Crippen LogP) is 2.75. The second kappa shape index (κ2) is 6.29. The molecule has 0 radical (unpaired) electrons. The van der Waals surface area contributed by atoms with Crippen molar-refractivity contribution in [3.63, 3.8) is 0 Å². The third kappa shape index (κ3) is 2.94. The molecule has 0 bridgehead atoms. The molecule has 0 amide bonds. The van der Waals surface area contributed by atoms with Gasteiger partial charge < -0.3 is 10.5 Å². The Morgan fingerprint density at radius 1 is 1.10 bits per heavy atom. The maximum absolute atomic E-state index is 6.05. The van der Waals surface area contributed by atoms with Crippen LogP contribution in [-0.2, 0) is 13.0 Å². The minimum atomic E-state index is 0.268. The molecule has 1 aliphatic rings. The van der Waals surface area contributed by atoms with Crippen LogP contribution in [0.3, 0.4) is 0 Å². The van der Waals surface area contributed by atoms with Crippen molar-refractivity contribution in [2.75, 3.05) is 20.2 Å². The van der Waals surface area contributed by atoms with E-state index in [0.29, 0.717) is 6.54 Å². The number of nitrogens with two attached hydrogens (primary N) is 1. The minimum absolute atomic E-state index is 0.268. The van der Waals surface area contributed by atoms with E-state index in [4.69, 9.17) is 10.5 Å². The highest BCUT2D eigenvalue weighted by Crippen LogP contribution is 2.28. The lowest BCUT2D eigenvalue weighted by Gasteiger charge is -2.35. The van der Waals surface area contributed by atoms with E-state index in [1.54, 1.807) is 7.11 Å². The van der Waals surface area contributed by atoms with Gasteiger partial charge in [-0.2, -0.15) is 0 Å². The van der Waals surface area contributed by atoms with Gasteiger partial charge in [-0.1, -0.05) is 36.4 Å². The second-order valence-electron chi connectivity index (χ2n) is 5.51. The van der Waals surface area contributed by atoms with E-state index < -0.39 is 0 Å². The van der Waals surface area contributed by atoms with E-state index in [-0.39, 0.29) is 6.04 Å². The standard InChI is InChI=1S/C18H22N2O/c1-21-17-8-6-15(7-9-17)18(12-19)20-11-10-14-4-2-3-5-16(14)13-20/h2-9,18H,10-13,19H2,1H3. The number of hydrogen-bond donors (Lipinski definition) is 1. The molecule has 110 valence electrons. The molecule has 1 atom stereocenters. The summed E-state index contributed by atoms with van der Waals surface area (Å²) in [5, 5.41) is 0. The highest BCUT2D eigenvalue weighted by atomic mass is 16.5. The van der Waals surface area contributed by atoms with Gasteiger partial charge in [-0.3, -0.25) is 4.90 Å². The minimum Gasteiger partial charge on any atom is -0.497 e. The molecule has 0 saturated carbocycles. The number of rotatable bonds is 4. The molecular weight excluding hydrogens is 260 g/mol. The Labute approximate surface area is 126 Å². The molecule has 3 rings (SSSR count). The molecule has 1 aliphatic heterocycles. The summed E-state index contributed by atoms with van der Waals surface area (Å²) in [6, 6.07) is 17.2. The van der Waals surface area contributed by atoms with Crippen molar-refractivity contribution in [2.24, 2.45) is 5.73 Å². The van der Waals surface area contributed by atoms with Gasteiger partial charge in [-0.15, -0.1) is 0 Å². The van der Waals surface area contributed by atoms with Crippen LogP contribution in [-0.4, -0.2) is 25.1 Å². The zero-order chi connectivity index (χ0) is 14.7. The molecule has 2 aromatic rings. The van der Waals surface area contributed by atoms with Gasteiger partial charge in [-0.05, 0) is 35.2 Å². The smallest absolute Gasteiger partial charge is 0.118 e. The van der Waals surface area contributed by atoms with E-state index in [1.165, 1.54) is 16.7 Å². The van der Waals surface area contributed by atoms with Gasteiger partial charge in [0, 0.05) is 25.7 Å². The van der Waals surface area contributed by atoms with E-state index in [9.17, 15) is 0 Å². The third-order valence-electron chi connectivity index (χ3n) is 4.32. The van der Waals surface area contributed by atoms with Crippen LogP contribution < -0.4 is 10.5 Å².